The smallest absolute Gasteiger partial charge is 0.269 e. The molecule has 1 N–H and O–H groups in total. The number of carbonyl (C=O) groups is 1. The first kappa shape index (κ1) is 24.2. The first-order valence-electron chi connectivity index (χ1n) is 9.62. The van der Waals surface area contributed by atoms with Crippen molar-refractivity contribution in [3.05, 3.63) is 102 Å². The zero-order chi connectivity index (χ0) is 24.0. The minimum absolute atomic E-state index is 0.0114. The van der Waals surface area contributed by atoms with E-state index >= 15 is 0 Å². The third kappa shape index (κ3) is 6.51. The Balaban J connectivity index is 1.77. The standard InChI is InChI=1S/C24H17Br2N3O4/c1-15-4-2-6-19(8-15)28-24(30)18(13-27)9-17-11-21(25)23(22(26)12-17)33-14-16-5-3-7-20(10-16)29(31)32/h2-12H,14H2,1H3,(H,28,30)/b18-9-. The van der Waals surface area contributed by atoms with Gasteiger partial charge < -0.3 is 10.1 Å². The fourth-order valence-corrected chi connectivity index (χ4v) is 4.40. The number of nitrogens with one attached hydrogen (secondary N) is 1. The quantitative estimate of drug-likeness (QED) is 0.150. The highest BCUT2D eigenvalue weighted by Crippen LogP contribution is 2.36. The van der Waals surface area contributed by atoms with Gasteiger partial charge in [0.15, 0.2) is 0 Å². The van der Waals surface area contributed by atoms with Gasteiger partial charge in [0.25, 0.3) is 11.6 Å². The van der Waals surface area contributed by atoms with E-state index in [2.05, 4.69) is 37.2 Å². The van der Waals surface area contributed by atoms with Gasteiger partial charge in [0.2, 0.25) is 0 Å². The monoisotopic (exact) mass is 569 g/mol. The molecule has 0 unspecified atom stereocenters. The summed E-state index contributed by atoms with van der Waals surface area (Å²) < 4.78 is 7.01. The first-order valence-corrected chi connectivity index (χ1v) is 11.2. The molecule has 0 atom stereocenters. The van der Waals surface area contributed by atoms with Crippen molar-refractivity contribution in [2.75, 3.05) is 5.32 Å². The van der Waals surface area contributed by atoms with Gasteiger partial charge in [-0.3, -0.25) is 14.9 Å². The molecule has 0 radical (unpaired) electrons. The molecule has 0 aliphatic carbocycles. The molecule has 3 aromatic carbocycles. The van der Waals surface area contributed by atoms with Gasteiger partial charge in [0.05, 0.1) is 13.9 Å². The zero-order valence-electron chi connectivity index (χ0n) is 17.3. The second-order valence-corrected chi connectivity index (χ2v) is 8.73. The fraction of sp³-hybridized carbons (Fsp3) is 0.0833. The number of aryl methyl sites for hydroxylation is 1. The summed E-state index contributed by atoms with van der Waals surface area (Å²) in [6.07, 6.45) is 1.48. The number of anilines is 1. The van der Waals surface area contributed by atoms with E-state index in [4.69, 9.17) is 4.74 Å². The topological polar surface area (TPSA) is 105 Å². The van der Waals surface area contributed by atoms with Gasteiger partial charge >= 0.3 is 0 Å². The van der Waals surface area contributed by atoms with Crippen LogP contribution >= 0.6 is 31.9 Å². The van der Waals surface area contributed by atoms with Crippen LogP contribution in [0, 0.1) is 28.4 Å². The van der Waals surface area contributed by atoms with Gasteiger partial charge in [-0.2, -0.15) is 5.26 Å². The SMILES string of the molecule is Cc1cccc(NC(=O)/C(C#N)=C\c2cc(Br)c(OCc3cccc([N+](=O)[O-])c3)c(Br)c2)c1. The number of rotatable bonds is 7. The van der Waals surface area contributed by atoms with Gasteiger partial charge in [-0.1, -0.05) is 24.3 Å². The molecular formula is C24H17Br2N3O4. The summed E-state index contributed by atoms with van der Waals surface area (Å²) in [4.78, 5) is 23.0. The molecule has 3 aromatic rings. The van der Waals surface area contributed by atoms with Crippen LogP contribution < -0.4 is 10.1 Å². The van der Waals surface area contributed by atoms with Crippen molar-refractivity contribution in [3.63, 3.8) is 0 Å². The highest BCUT2D eigenvalue weighted by Gasteiger charge is 2.14. The summed E-state index contributed by atoms with van der Waals surface area (Å²) in [5, 5.41) is 23.1. The summed E-state index contributed by atoms with van der Waals surface area (Å²) in [6, 6.07) is 18.8. The van der Waals surface area contributed by atoms with Crippen molar-refractivity contribution in [2.24, 2.45) is 0 Å². The second kappa shape index (κ2) is 10.9. The number of carbonyl (C=O) groups excluding carboxylic acids is 1. The third-order valence-corrected chi connectivity index (χ3v) is 5.66. The van der Waals surface area contributed by atoms with Crippen molar-refractivity contribution >= 4 is 55.2 Å². The number of amides is 1. The van der Waals surface area contributed by atoms with Gasteiger partial charge in [-0.25, -0.2) is 0 Å². The predicted octanol–water partition coefficient (Wildman–Crippen LogP) is 6.55. The molecule has 7 nitrogen and oxygen atoms in total. The number of hydrogen-bond donors (Lipinski definition) is 1. The maximum absolute atomic E-state index is 12.5. The summed E-state index contributed by atoms with van der Waals surface area (Å²) in [5.74, 6) is -0.0253. The fourth-order valence-electron chi connectivity index (χ4n) is 2.95. The molecule has 0 saturated heterocycles. The number of ether oxygens (including phenoxy) is 1. The predicted molar refractivity (Wildman–Crippen MR) is 133 cm³/mol. The molecule has 0 heterocycles. The number of non-ortho nitro benzene ring substituents is 1. The summed E-state index contributed by atoms with van der Waals surface area (Å²) in [5.41, 5.74) is 2.78. The Hall–Kier alpha value is -3.48. The first-order chi connectivity index (χ1) is 15.8. The van der Waals surface area contributed by atoms with Crippen LogP contribution in [-0.4, -0.2) is 10.8 Å². The molecule has 33 heavy (non-hydrogen) atoms. The van der Waals surface area contributed by atoms with Crippen molar-refractivity contribution < 1.29 is 14.5 Å². The highest BCUT2D eigenvalue weighted by atomic mass is 79.9. The number of nitro benzene ring substituents is 1. The number of nitro groups is 1. The molecule has 1 amide bonds. The van der Waals surface area contributed by atoms with E-state index in [-0.39, 0.29) is 17.9 Å². The average molecular weight is 571 g/mol. The van der Waals surface area contributed by atoms with Crippen molar-refractivity contribution in [3.8, 4) is 11.8 Å². The minimum atomic E-state index is -0.513. The van der Waals surface area contributed by atoms with E-state index in [0.29, 0.717) is 31.5 Å². The Labute approximate surface area is 207 Å². The van der Waals surface area contributed by atoms with Gasteiger partial charge in [-0.05, 0) is 85.8 Å². The van der Waals surface area contributed by atoms with Crippen LogP contribution in [0.1, 0.15) is 16.7 Å². The van der Waals surface area contributed by atoms with Crippen LogP contribution in [0.4, 0.5) is 11.4 Å². The van der Waals surface area contributed by atoms with Crippen LogP contribution in [0.3, 0.4) is 0 Å². The lowest BCUT2D eigenvalue weighted by Crippen LogP contribution is -2.13. The molecular weight excluding hydrogens is 554 g/mol. The van der Waals surface area contributed by atoms with E-state index in [0.717, 1.165) is 5.56 Å². The average Bonchev–Trinajstić information content (AvgIpc) is 2.77. The zero-order valence-corrected chi connectivity index (χ0v) is 20.5. The number of benzene rings is 3. The molecule has 9 heteroatoms. The van der Waals surface area contributed by atoms with Gasteiger partial charge in [-0.15, -0.1) is 0 Å². The maximum atomic E-state index is 12.5. The van der Waals surface area contributed by atoms with Crippen LogP contribution in [0.25, 0.3) is 6.08 Å². The maximum Gasteiger partial charge on any atom is 0.269 e. The Bertz CT molecular complexity index is 1280. The Morgan fingerprint density at radius 3 is 2.48 bits per heavy atom. The molecule has 166 valence electrons. The molecule has 3 rings (SSSR count). The number of halogens is 2. The largest absolute Gasteiger partial charge is 0.487 e. The molecule has 0 spiro atoms. The molecule has 0 fully saturated rings. The summed E-state index contributed by atoms with van der Waals surface area (Å²) in [7, 11) is 0. The highest BCUT2D eigenvalue weighted by molar-refractivity contribution is 9.11. The van der Waals surface area contributed by atoms with Gasteiger partial charge in [0, 0.05) is 17.8 Å². The molecule has 0 saturated carbocycles. The number of hydrogen-bond acceptors (Lipinski definition) is 5. The number of nitrogens with zero attached hydrogens (tertiary/aromatic N) is 2. The van der Waals surface area contributed by atoms with E-state index in [1.54, 1.807) is 30.3 Å². The normalized spacial score (nSPS) is 10.9. The summed E-state index contributed by atoms with van der Waals surface area (Å²) >= 11 is 6.89. The van der Waals surface area contributed by atoms with Crippen LogP contribution in [0.15, 0.2) is 75.2 Å². The molecule has 0 aromatic heterocycles. The third-order valence-electron chi connectivity index (χ3n) is 4.48. The van der Waals surface area contributed by atoms with E-state index in [1.807, 2.05) is 31.2 Å². The van der Waals surface area contributed by atoms with Crippen LogP contribution in [-0.2, 0) is 11.4 Å². The van der Waals surface area contributed by atoms with Crippen molar-refractivity contribution in [1.29, 1.82) is 5.26 Å². The van der Waals surface area contributed by atoms with Gasteiger partial charge in [0.1, 0.15) is 24.0 Å². The lowest BCUT2D eigenvalue weighted by molar-refractivity contribution is -0.384. The van der Waals surface area contributed by atoms with Crippen molar-refractivity contribution in [1.82, 2.24) is 0 Å². The Morgan fingerprint density at radius 2 is 1.85 bits per heavy atom. The lowest BCUT2D eigenvalue weighted by Gasteiger charge is -2.12. The number of nitriles is 1. The van der Waals surface area contributed by atoms with E-state index < -0.39 is 10.8 Å². The lowest BCUT2D eigenvalue weighted by atomic mass is 10.1. The Morgan fingerprint density at radius 1 is 1.15 bits per heavy atom. The van der Waals surface area contributed by atoms with E-state index in [1.165, 1.54) is 18.2 Å². The van der Waals surface area contributed by atoms with Crippen LogP contribution in [0.2, 0.25) is 0 Å². The van der Waals surface area contributed by atoms with Crippen molar-refractivity contribution in [2.45, 2.75) is 13.5 Å². The second-order valence-electron chi connectivity index (χ2n) is 7.02. The van der Waals surface area contributed by atoms with Crippen LogP contribution in [0.5, 0.6) is 5.75 Å². The molecule has 0 bridgehead atoms. The van der Waals surface area contributed by atoms with E-state index in [9.17, 15) is 20.2 Å². The minimum Gasteiger partial charge on any atom is -0.487 e. The Kier molecular flexibility index (Phi) is 7.98. The molecule has 0 aliphatic rings. The molecule has 0 aliphatic heterocycles. The summed E-state index contributed by atoms with van der Waals surface area (Å²) in [6.45, 7) is 2.03.